The van der Waals surface area contributed by atoms with Crippen LogP contribution in [0.15, 0.2) is 18.2 Å². The quantitative estimate of drug-likeness (QED) is 0.834. The summed E-state index contributed by atoms with van der Waals surface area (Å²) in [7, 11) is 0. The average Bonchev–Trinajstić information content (AvgIpc) is 2.26. The monoisotopic (exact) mass is 276 g/mol. The van der Waals surface area contributed by atoms with Crippen molar-refractivity contribution in [1.29, 1.82) is 0 Å². The van der Waals surface area contributed by atoms with Gasteiger partial charge in [0.1, 0.15) is 0 Å². The number of benzene rings is 1. The minimum atomic E-state index is 0. The predicted molar refractivity (Wildman–Crippen MR) is 79.5 cm³/mol. The Balaban J connectivity index is 0.00000128. The van der Waals surface area contributed by atoms with Crippen LogP contribution in [0.4, 0.5) is 5.69 Å². The lowest BCUT2D eigenvalue weighted by molar-refractivity contribution is 0.459. The van der Waals surface area contributed by atoms with E-state index in [2.05, 4.69) is 24.4 Å². The fraction of sp³-hybridized carbons (Fsp3) is 0.538. The Kier molecular flexibility index (Phi) is 7.60. The van der Waals surface area contributed by atoms with Gasteiger partial charge in [-0.3, -0.25) is 0 Å². The van der Waals surface area contributed by atoms with E-state index in [9.17, 15) is 0 Å². The number of nitrogens with one attached hydrogen (secondary N) is 1. The Morgan fingerprint density at radius 1 is 1.35 bits per heavy atom. The van der Waals surface area contributed by atoms with Crippen LogP contribution in [0.2, 0.25) is 0 Å². The molecule has 0 spiro atoms. The molecule has 0 heterocycles. The molecule has 0 aliphatic heterocycles. The zero-order valence-corrected chi connectivity index (χ0v) is 11.9. The molecule has 0 amide bonds. The third kappa shape index (κ3) is 4.06. The lowest BCUT2D eigenvalue weighted by atomic mass is 9.87. The SMILES string of the molecule is CCCN[C@@H]1CCc2c(N)cccc2C1.Cl.Cl. The molecule has 98 valence electrons. The second kappa shape index (κ2) is 7.80. The van der Waals surface area contributed by atoms with Crippen molar-refractivity contribution in [3.05, 3.63) is 29.3 Å². The zero-order valence-electron chi connectivity index (χ0n) is 10.2. The first-order valence-corrected chi connectivity index (χ1v) is 5.91. The first-order valence-electron chi connectivity index (χ1n) is 5.91. The molecule has 2 nitrogen and oxygen atoms in total. The zero-order chi connectivity index (χ0) is 10.7. The Morgan fingerprint density at radius 2 is 2.12 bits per heavy atom. The van der Waals surface area contributed by atoms with Crippen LogP contribution in [0.25, 0.3) is 0 Å². The highest BCUT2D eigenvalue weighted by Gasteiger charge is 2.18. The van der Waals surface area contributed by atoms with Crippen molar-refractivity contribution < 1.29 is 0 Å². The fourth-order valence-corrected chi connectivity index (χ4v) is 2.36. The van der Waals surface area contributed by atoms with E-state index in [0.717, 1.165) is 25.1 Å². The van der Waals surface area contributed by atoms with Crippen LogP contribution in [0.1, 0.15) is 30.9 Å². The van der Waals surface area contributed by atoms with Gasteiger partial charge >= 0.3 is 0 Å². The maximum Gasteiger partial charge on any atom is 0.0349 e. The number of hydrogen-bond acceptors (Lipinski definition) is 2. The van der Waals surface area contributed by atoms with Crippen LogP contribution in [0.5, 0.6) is 0 Å². The molecule has 0 unspecified atom stereocenters. The molecule has 17 heavy (non-hydrogen) atoms. The summed E-state index contributed by atoms with van der Waals surface area (Å²) in [5.41, 5.74) is 9.76. The molecule has 0 radical (unpaired) electrons. The summed E-state index contributed by atoms with van der Waals surface area (Å²) in [5, 5.41) is 3.59. The van der Waals surface area contributed by atoms with E-state index in [0.29, 0.717) is 6.04 Å². The molecule has 1 aromatic rings. The molecule has 4 heteroatoms. The summed E-state index contributed by atoms with van der Waals surface area (Å²) in [6, 6.07) is 6.94. The molecule has 1 aliphatic carbocycles. The van der Waals surface area contributed by atoms with Crippen molar-refractivity contribution in [2.75, 3.05) is 12.3 Å². The number of fused-ring (bicyclic) bond motifs is 1. The Morgan fingerprint density at radius 3 is 2.82 bits per heavy atom. The lowest BCUT2D eigenvalue weighted by Crippen LogP contribution is -2.35. The van der Waals surface area contributed by atoms with E-state index in [1.807, 2.05) is 6.07 Å². The van der Waals surface area contributed by atoms with Crippen molar-refractivity contribution in [3.8, 4) is 0 Å². The highest BCUT2D eigenvalue weighted by Crippen LogP contribution is 2.25. The Hall–Kier alpha value is -0.440. The lowest BCUT2D eigenvalue weighted by Gasteiger charge is -2.26. The van der Waals surface area contributed by atoms with Crippen molar-refractivity contribution in [2.45, 2.75) is 38.6 Å². The molecule has 1 aliphatic rings. The normalized spacial score (nSPS) is 17.6. The topological polar surface area (TPSA) is 38.0 Å². The molecule has 1 aromatic carbocycles. The van der Waals surface area contributed by atoms with Gasteiger partial charge in [-0.25, -0.2) is 0 Å². The second-order valence-electron chi connectivity index (χ2n) is 4.38. The number of anilines is 1. The van der Waals surface area contributed by atoms with E-state index >= 15 is 0 Å². The molecule has 3 N–H and O–H groups in total. The first-order chi connectivity index (χ1) is 7.31. The molecule has 2 rings (SSSR count). The molecular weight excluding hydrogens is 255 g/mol. The molecular formula is C13H22Cl2N2. The summed E-state index contributed by atoms with van der Waals surface area (Å²) < 4.78 is 0. The van der Waals surface area contributed by atoms with Gasteiger partial charge in [0.15, 0.2) is 0 Å². The van der Waals surface area contributed by atoms with Crippen LogP contribution in [0, 0.1) is 0 Å². The van der Waals surface area contributed by atoms with Gasteiger partial charge < -0.3 is 11.1 Å². The second-order valence-corrected chi connectivity index (χ2v) is 4.38. The van der Waals surface area contributed by atoms with Crippen molar-refractivity contribution in [3.63, 3.8) is 0 Å². The predicted octanol–water partition coefficient (Wildman–Crippen LogP) is 2.97. The van der Waals surface area contributed by atoms with Crippen LogP contribution >= 0.6 is 24.8 Å². The average molecular weight is 277 g/mol. The fourth-order valence-electron chi connectivity index (χ4n) is 2.36. The largest absolute Gasteiger partial charge is 0.398 e. The number of rotatable bonds is 3. The number of halogens is 2. The molecule has 0 fully saturated rings. The van der Waals surface area contributed by atoms with Gasteiger partial charge in [0.2, 0.25) is 0 Å². The molecule has 1 atom stereocenters. The van der Waals surface area contributed by atoms with Gasteiger partial charge in [0.25, 0.3) is 0 Å². The van der Waals surface area contributed by atoms with Crippen LogP contribution in [-0.2, 0) is 12.8 Å². The Bertz CT molecular complexity index is 342. The maximum absolute atomic E-state index is 5.97. The van der Waals surface area contributed by atoms with Gasteiger partial charge in [-0.2, -0.15) is 0 Å². The third-order valence-electron chi connectivity index (χ3n) is 3.20. The van der Waals surface area contributed by atoms with Crippen molar-refractivity contribution in [2.24, 2.45) is 0 Å². The van der Waals surface area contributed by atoms with Crippen LogP contribution in [-0.4, -0.2) is 12.6 Å². The van der Waals surface area contributed by atoms with Gasteiger partial charge in [0.05, 0.1) is 0 Å². The smallest absolute Gasteiger partial charge is 0.0349 e. The van der Waals surface area contributed by atoms with E-state index in [1.54, 1.807) is 0 Å². The highest BCUT2D eigenvalue weighted by molar-refractivity contribution is 5.85. The van der Waals surface area contributed by atoms with E-state index in [1.165, 1.54) is 24.0 Å². The molecule has 0 bridgehead atoms. The third-order valence-corrected chi connectivity index (χ3v) is 3.20. The van der Waals surface area contributed by atoms with E-state index in [4.69, 9.17) is 5.73 Å². The molecule has 0 aromatic heterocycles. The van der Waals surface area contributed by atoms with Gasteiger partial charge in [-0.1, -0.05) is 19.1 Å². The number of hydrogen-bond donors (Lipinski definition) is 2. The van der Waals surface area contributed by atoms with Crippen molar-refractivity contribution in [1.82, 2.24) is 5.32 Å². The van der Waals surface area contributed by atoms with Crippen molar-refractivity contribution >= 4 is 30.5 Å². The van der Waals surface area contributed by atoms with E-state index in [-0.39, 0.29) is 24.8 Å². The van der Waals surface area contributed by atoms with Crippen LogP contribution < -0.4 is 11.1 Å². The van der Waals surface area contributed by atoms with Gasteiger partial charge in [-0.05, 0) is 49.4 Å². The molecule has 0 saturated heterocycles. The standard InChI is InChI=1S/C13H20N2.2ClH/c1-2-8-15-11-6-7-12-10(9-11)4-3-5-13(12)14;;/h3-5,11,15H,2,6-9,14H2,1H3;2*1H/t11-;;/m1../s1. The summed E-state index contributed by atoms with van der Waals surface area (Å²) in [6.07, 6.45) is 4.70. The van der Waals surface area contributed by atoms with E-state index < -0.39 is 0 Å². The first kappa shape index (κ1) is 16.6. The maximum atomic E-state index is 5.97. The molecule has 0 saturated carbocycles. The number of nitrogen functional groups attached to an aromatic ring is 1. The minimum absolute atomic E-state index is 0. The summed E-state index contributed by atoms with van der Waals surface area (Å²) in [6.45, 7) is 3.34. The van der Waals surface area contributed by atoms with Gasteiger partial charge in [-0.15, -0.1) is 24.8 Å². The highest BCUT2D eigenvalue weighted by atomic mass is 35.5. The Labute approximate surface area is 116 Å². The minimum Gasteiger partial charge on any atom is -0.398 e. The van der Waals surface area contributed by atoms with Gasteiger partial charge in [0, 0.05) is 11.7 Å². The number of nitrogens with two attached hydrogens (primary N) is 1. The van der Waals surface area contributed by atoms with Crippen LogP contribution in [0.3, 0.4) is 0 Å². The summed E-state index contributed by atoms with van der Waals surface area (Å²) >= 11 is 0. The summed E-state index contributed by atoms with van der Waals surface area (Å²) in [5.74, 6) is 0. The summed E-state index contributed by atoms with van der Waals surface area (Å²) in [4.78, 5) is 0.